The SMILES string of the molecule is Cn1nccc1-c1nn(CCS(C)(=O)=O)cc1N. The summed E-state index contributed by atoms with van der Waals surface area (Å²) in [6.45, 7) is 0.293. The van der Waals surface area contributed by atoms with Crippen molar-refractivity contribution in [2.24, 2.45) is 7.05 Å². The van der Waals surface area contributed by atoms with E-state index in [1.165, 1.54) is 6.26 Å². The summed E-state index contributed by atoms with van der Waals surface area (Å²) in [5, 5.41) is 8.33. The highest BCUT2D eigenvalue weighted by Gasteiger charge is 2.12. The molecule has 0 aliphatic carbocycles. The fraction of sp³-hybridized carbons (Fsp3) is 0.400. The van der Waals surface area contributed by atoms with E-state index in [2.05, 4.69) is 10.2 Å². The van der Waals surface area contributed by atoms with E-state index in [1.807, 2.05) is 0 Å². The third-order valence-electron chi connectivity index (χ3n) is 2.54. The Morgan fingerprint density at radius 1 is 1.44 bits per heavy atom. The lowest BCUT2D eigenvalue weighted by Gasteiger charge is -2.00. The van der Waals surface area contributed by atoms with Crippen molar-refractivity contribution in [3.8, 4) is 11.4 Å². The molecule has 8 heteroatoms. The van der Waals surface area contributed by atoms with Crippen LogP contribution >= 0.6 is 0 Å². The van der Waals surface area contributed by atoms with E-state index in [0.29, 0.717) is 17.9 Å². The summed E-state index contributed by atoms with van der Waals surface area (Å²) in [4.78, 5) is 0. The first-order chi connectivity index (χ1) is 8.37. The molecule has 0 aromatic carbocycles. The van der Waals surface area contributed by atoms with Crippen molar-refractivity contribution < 1.29 is 8.42 Å². The van der Waals surface area contributed by atoms with E-state index in [9.17, 15) is 8.42 Å². The van der Waals surface area contributed by atoms with Gasteiger partial charge in [-0.1, -0.05) is 0 Å². The molecule has 0 radical (unpaired) electrons. The van der Waals surface area contributed by atoms with Gasteiger partial charge in [-0.15, -0.1) is 0 Å². The molecule has 7 nitrogen and oxygen atoms in total. The summed E-state index contributed by atoms with van der Waals surface area (Å²) in [6.07, 6.45) is 4.49. The summed E-state index contributed by atoms with van der Waals surface area (Å²) in [5.74, 6) is 0.0406. The second-order valence-corrected chi connectivity index (χ2v) is 6.43. The number of nitrogen functional groups attached to an aromatic ring is 1. The number of rotatable bonds is 4. The normalized spacial score (nSPS) is 11.9. The van der Waals surface area contributed by atoms with Gasteiger partial charge in [-0.2, -0.15) is 10.2 Å². The molecular formula is C10H15N5O2S. The first-order valence-electron chi connectivity index (χ1n) is 5.36. The molecule has 0 saturated carbocycles. The molecule has 2 rings (SSSR count). The van der Waals surface area contributed by atoms with Crippen molar-refractivity contribution in [1.29, 1.82) is 0 Å². The maximum absolute atomic E-state index is 11.1. The van der Waals surface area contributed by atoms with Gasteiger partial charge in [0.15, 0.2) is 0 Å². The average Bonchev–Trinajstić information content (AvgIpc) is 2.81. The van der Waals surface area contributed by atoms with Crippen molar-refractivity contribution in [3.05, 3.63) is 18.5 Å². The third kappa shape index (κ3) is 2.70. The maximum atomic E-state index is 11.1. The van der Waals surface area contributed by atoms with E-state index < -0.39 is 9.84 Å². The maximum Gasteiger partial charge on any atom is 0.149 e. The highest BCUT2D eigenvalue weighted by atomic mass is 32.2. The minimum absolute atomic E-state index is 0.0406. The van der Waals surface area contributed by atoms with Gasteiger partial charge in [-0.05, 0) is 6.07 Å². The summed E-state index contributed by atoms with van der Waals surface area (Å²) < 4.78 is 25.4. The average molecular weight is 269 g/mol. The van der Waals surface area contributed by atoms with Gasteiger partial charge in [0.1, 0.15) is 15.5 Å². The van der Waals surface area contributed by atoms with Crippen LogP contribution in [0, 0.1) is 0 Å². The molecule has 0 unspecified atom stereocenters. The van der Waals surface area contributed by atoms with Gasteiger partial charge in [0.2, 0.25) is 0 Å². The van der Waals surface area contributed by atoms with Crippen LogP contribution in [-0.2, 0) is 23.4 Å². The summed E-state index contributed by atoms with van der Waals surface area (Å²) in [6, 6.07) is 1.81. The topological polar surface area (TPSA) is 95.8 Å². The zero-order valence-corrected chi connectivity index (χ0v) is 11.1. The number of aromatic nitrogens is 4. The summed E-state index contributed by atoms with van der Waals surface area (Å²) >= 11 is 0. The first kappa shape index (κ1) is 12.6. The molecule has 0 aliphatic rings. The van der Waals surface area contributed by atoms with Gasteiger partial charge in [-0.3, -0.25) is 9.36 Å². The number of anilines is 1. The Balaban J connectivity index is 2.25. The molecule has 2 aromatic heterocycles. The van der Waals surface area contributed by atoms with Gasteiger partial charge in [0.25, 0.3) is 0 Å². The van der Waals surface area contributed by atoms with Crippen molar-refractivity contribution in [1.82, 2.24) is 19.6 Å². The fourth-order valence-electron chi connectivity index (χ4n) is 1.62. The van der Waals surface area contributed by atoms with E-state index in [-0.39, 0.29) is 5.75 Å². The van der Waals surface area contributed by atoms with Gasteiger partial charge in [0, 0.05) is 25.7 Å². The van der Waals surface area contributed by atoms with Crippen LogP contribution in [0.4, 0.5) is 5.69 Å². The van der Waals surface area contributed by atoms with E-state index in [4.69, 9.17) is 5.73 Å². The molecule has 2 heterocycles. The molecular weight excluding hydrogens is 254 g/mol. The molecule has 0 saturated heterocycles. The second-order valence-electron chi connectivity index (χ2n) is 4.17. The molecule has 0 fully saturated rings. The van der Waals surface area contributed by atoms with Crippen LogP contribution in [0.5, 0.6) is 0 Å². The molecule has 0 bridgehead atoms. The quantitative estimate of drug-likeness (QED) is 0.837. The zero-order chi connectivity index (χ0) is 13.3. The van der Waals surface area contributed by atoms with Gasteiger partial charge in [0.05, 0.1) is 23.7 Å². The Labute approximate surface area is 105 Å². The smallest absolute Gasteiger partial charge is 0.149 e. The minimum atomic E-state index is -3.01. The number of hydrogen-bond donors (Lipinski definition) is 1. The largest absolute Gasteiger partial charge is 0.396 e. The lowest BCUT2D eigenvalue weighted by Crippen LogP contribution is -2.11. The van der Waals surface area contributed by atoms with Gasteiger partial charge in [-0.25, -0.2) is 8.42 Å². The molecule has 0 spiro atoms. The van der Waals surface area contributed by atoms with Crippen molar-refractivity contribution in [3.63, 3.8) is 0 Å². The number of sulfone groups is 1. The highest BCUT2D eigenvalue weighted by Crippen LogP contribution is 2.22. The molecule has 2 N–H and O–H groups in total. The van der Waals surface area contributed by atoms with Gasteiger partial charge >= 0.3 is 0 Å². The molecule has 0 amide bonds. The van der Waals surface area contributed by atoms with Crippen LogP contribution in [0.25, 0.3) is 11.4 Å². The van der Waals surface area contributed by atoms with Crippen LogP contribution in [0.2, 0.25) is 0 Å². The number of nitrogens with two attached hydrogens (primary N) is 1. The summed E-state index contributed by atoms with van der Waals surface area (Å²) in [7, 11) is -1.21. The van der Waals surface area contributed by atoms with Crippen LogP contribution in [0.15, 0.2) is 18.5 Å². The Hall–Kier alpha value is -1.83. The van der Waals surface area contributed by atoms with E-state index in [0.717, 1.165) is 5.69 Å². The molecule has 2 aromatic rings. The Bertz CT molecular complexity index is 656. The zero-order valence-electron chi connectivity index (χ0n) is 10.2. The molecule has 98 valence electrons. The predicted octanol–water partition coefficient (Wildman–Crippen LogP) is -0.0896. The van der Waals surface area contributed by atoms with Crippen LogP contribution in [0.3, 0.4) is 0 Å². The van der Waals surface area contributed by atoms with E-state index >= 15 is 0 Å². The Kier molecular flexibility index (Phi) is 3.12. The molecule has 18 heavy (non-hydrogen) atoms. The predicted molar refractivity (Wildman–Crippen MR) is 68.6 cm³/mol. The minimum Gasteiger partial charge on any atom is -0.396 e. The number of nitrogens with zero attached hydrogens (tertiary/aromatic N) is 4. The third-order valence-corrected chi connectivity index (χ3v) is 3.47. The fourth-order valence-corrected chi connectivity index (χ4v) is 2.13. The second kappa shape index (κ2) is 4.45. The molecule has 0 atom stereocenters. The van der Waals surface area contributed by atoms with Crippen LogP contribution in [0.1, 0.15) is 0 Å². The first-order valence-corrected chi connectivity index (χ1v) is 7.42. The van der Waals surface area contributed by atoms with Crippen molar-refractivity contribution in [2.75, 3.05) is 17.7 Å². The number of aryl methyl sites for hydroxylation is 2. The Morgan fingerprint density at radius 2 is 2.17 bits per heavy atom. The van der Waals surface area contributed by atoms with Crippen LogP contribution < -0.4 is 5.73 Å². The van der Waals surface area contributed by atoms with Crippen molar-refractivity contribution in [2.45, 2.75) is 6.54 Å². The number of hydrogen-bond acceptors (Lipinski definition) is 5. The van der Waals surface area contributed by atoms with Gasteiger partial charge < -0.3 is 5.73 Å². The van der Waals surface area contributed by atoms with Crippen LogP contribution in [-0.4, -0.2) is 40.0 Å². The van der Waals surface area contributed by atoms with Crippen molar-refractivity contribution >= 4 is 15.5 Å². The lowest BCUT2D eigenvalue weighted by atomic mass is 10.3. The lowest BCUT2D eigenvalue weighted by molar-refractivity contribution is 0.586. The van der Waals surface area contributed by atoms with E-state index in [1.54, 1.807) is 34.9 Å². The summed E-state index contributed by atoms with van der Waals surface area (Å²) in [5.41, 5.74) is 7.78. The highest BCUT2D eigenvalue weighted by molar-refractivity contribution is 7.90. The Morgan fingerprint density at radius 3 is 2.72 bits per heavy atom. The molecule has 0 aliphatic heterocycles. The standard InChI is InChI=1S/C10H15N5O2S/c1-14-9(3-4-12-14)10-8(11)7-15(13-10)5-6-18(2,16)17/h3-4,7H,5-6,11H2,1-2H3. The monoisotopic (exact) mass is 269 g/mol.